The number of para-hydroxylation sites is 1. The first-order valence-electron chi connectivity index (χ1n) is 8.80. The molecule has 0 spiro atoms. The van der Waals surface area contributed by atoms with Crippen LogP contribution >= 0.6 is 0 Å². The van der Waals surface area contributed by atoms with E-state index in [0.717, 1.165) is 36.7 Å². The molecule has 2 heterocycles. The monoisotopic (exact) mass is 339 g/mol. The predicted octanol–water partition coefficient (Wildman–Crippen LogP) is 2.43. The van der Waals surface area contributed by atoms with Gasteiger partial charge in [0, 0.05) is 24.5 Å². The van der Waals surface area contributed by atoms with Crippen molar-refractivity contribution in [1.29, 1.82) is 0 Å². The van der Waals surface area contributed by atoms with Crippen molar-refractivity contribution >= 4 is 28.6 Å². The summed E-state index contributed by atoms with van der Waals surface area (Å²) in [5, 5.41) is 13.2. The number of fused-ring (bicyclic) bond motifs is 1. The van der Waals surface area contributed by atoms with Crippen LogP contribution < -0.4 is 10.2 Å². The summed E-state index contributed by atoms with van der Waals surface area (Å²) in [4.78, 5) is 30.7. The summed E-state index contributed by atoms with van der Waals surface area (Å²) in [6.45, 7) is 1.20. The summed E-state index contributed by atoms with van der Waals surface area (Å²) < 4.78 is 0. The minimum atomic E-state index is -0.766. The molecule has 2 aromatic rings. The highest BCUT2D eigenvalue weighted by Crippen LogP contribution is 2.28. The molecular weight excluding hydrogens is 318 g/mol. The molecule has 2 N–H and O–H groups in total. The maximum Gasteiger partial charge on any atom is 0.308 e. The third-order valence-corrected chi connectivity index (χ3v) is 4.95. The van der Waals surface area contributed by atoms with Gasteiger partial charge in [-0.25, -0.2) is 4.98 Å². The maximum absolute atomic E-state index is 12.7. The van der Waals surface area contributed by atoms with Crippen LogP contribution in [0.4, 0.5) is 5.82 Å². The number of piperidine rings is 1. The van der Waals surface area contributed by atoms with Crippen LogP contribution in [0.2, 0.25) is 0 Å². The Kier molecular flexibility index (Phi) is 4.03. The minimum Gasteiger partial charge on any atom is -0.481 e. The van der Waals surface area contributed by atoms with Gasteiger partial charge in [0.25, 0.3) is 5.91 Å². The van der Waals surface area contributed by atoms with Crippen LogP contribution in [0.25, 0.3) is 10.9 Å². The van der Waals surface area contributed by atoms with Crippen molar-refractivity contribution in [3.05, 3.63) is 35.9 Å². The number of carbonyl (C=O) groups is 2. The highest BCUT2D eigenvalue weighted by atomic mass is 16.4. The number of nitrogens with one attached hydrogen (secondary N) is 1. The molecule has 1 aliphatic heterocycles. The third kappa shape index (κ3) is 3.29. The largest absolute Gasteiger partial charge is 0.481 e. The lowest BCUT2D eigenvalue weighted by molar-refractivity contribution is -0.141. The summed E-state index contributed by atoms with van der Waals surface area (Å²) in [6, 6.07) is 9.70. The number of carboxylic acids is 1. The number of carbonyl (C=O) groups excluding carboxylic acids is 1. The number of hydrogen-bond donors (Lipinski definition) is 2. The van der Waals surface area contributed by atoms with Crippen LogP contribution in [-0.4, -0.2) is 41.1 Å². The predicted molar refractivity (Wildman–Crippen MR) is 94.8 cm³/mol. The molecule has 6 heteroatoms. The van der Waals surface area contributed by atoms with Gasteiger partial charge >= 0.3 is 5.97 Å². The van der Waals surface area contributed by atoms with Crippen molar-refractivity contribution in [1.82, 2.24) is 10.3 Å². The summed E-state index contributed by atoms with van der Waals surface area (Å²) in [6.07, 6.45) is 3.57. The van der Waals surface area contributed by atoms with Gasteiger partial charge in [-0.1, -0.05) is 18.2 Å². The second-order valence-electron chi connectivity index (χ2n) is 6.92. The number of nitrogens with zero attached hydrogens (tertiary/aromatic N) is 2. The molecule has 4 rings (SSSR count). The Morgan fingerprint density at radius 2 is 2.00 bits per heavy atom. The summed E-state index contributed by atoms with van der Waals surface area (Å²) in [7, 11) is 0. The van der Waals surface area contributed by atoms with Crippen molar-refractivity contribution in [2.75, 3.05) is 18.0 Å². The second-order valence-corrected chi connectivity index (χ2v) is 6.92. The first-order valence-corrected chi connectivity index (χ1v) is 8.80. The van der Waals surface area contributed by atoms with E-state index in [9.17, 15) is 14.7 Å². The van der Waals surface area contributed by atoms with Crippen LogP contribution in [0.1, 0.15) is 36.0 Å². The first kappa shape index (κ1) is 15.9. The van der Waals surface area contributed by atoms with Gasteiger partial charge in [-0.15, -0.1) is 0 Å². The molecule has 1 aliphatic carbocycles. The van der Waals surface area contributed by atoms with Gasteiger partial charge in [-0.05, 0) is 37.8 Å². The Balaban J connectivity index is 1.71. The highest BCUT2D eigenvalue weighted by Gasteiger charge is 2.28. The van der Waals surface area contributed by atoms with Crippen LogP contribution in [0.5, 0.6) is 0 Å². The molecule has 1 aromatic carbocycles. The zero-order chi connectivity index (χ0) is 17.4. The molecule has 2 aliphatic rings. The van der Waals surface area contributed by atoms with Gasteiger partial charge < -0.3 is 15.3 Å². The van der Waals surface area contributed by atoms with Crippen molar-refractivity contribution in [2.24, 2.45) is 5.92 Å². The number of aliphatic carboxylic acids is 1. The van der Waals surface area contributed by atoms with Crippen molar-refractivity contribution < 1.29 is 14.7 Å². The van der Waals surface area contributed by atoms with E-state index in [1.807, 2.05) is 35.2 Å². The number of carboxylic acid groups (broad SMARTS) is 1. The fourth-order valence-corrected chi connectivity index (χ4v) is 3.39. The SMILES string of the molecule is O=C(NC1CC1)c1cc(N2CCCC(C(=O)O)C2)nc2ccccc12. The quantitative estimate of drug-likeness (QED) is 0.894. The molecule has 1 atom stereocenters. The van der Waals surface area contributed by atoms with Crippen molar-refractivity contribution in [3.63, 3.8) is 0 Å². The highest BCUT2D eigenvalue weighted by molar-refractivity contribution is 6.07. The molecule has 1 amide bonds. The first-order chi connectivity index (χ1) is 12.1. The molecule has 1 saturated heterocycles. The van der Waals surface area contributed by atoms with Crippen LogP contribution in [0, 0.1) is 5.92 Å². The zero-order valence-corrected chi connectivity index (χ0v) is 13.9. The van der Waals surface area contributed by atoms with E-state index >= 15 is 0 Å². The van der Waals surface area contributed by atoms with Gasteiger partial charge in [0.2, 0.25) is 0 Å². The maximum atomic E-state index is 12.7. The molecule has 6 nitrogen and oxygen atoms in total. The lowest BCUT2D eigenvalue weighted by Crippen LogP contribution is -2.39. The van der Waals surface area contributed by atoms with E-state index in [1.54, 1.807) is 0 Å². The number of hydrogen-bond acceptors (Lipinski definition) is 4. The van der Waals surface area contributed by atoms with E-state index < -0.39 is 5.97 Å². The van der Waals surface area contributed by atoms with Gasteiger partial charge in [0.15, 0.2) is 0 Å². The number of aromatic nitrogens is 1. The average molecular weight is 339 g/mol. The summed E-state index contributed by atoms with van der Waals surface area (Å²) in [5.74, 6) is -0.539. The Morgan fingerprint density at radius 3 is 2.76 bits per heavy atom. The Labute approximate surface area is 145 Å². The van der Waals surface area contributed by atoms with E-state index in [-0.39, 0.29) is 17.9 Å². The average Bonchev–Trinajstić information content (AvgIpc) is 3.44. The molecule has 1 unspecified atom stereocenters. The van der Waals surface area contributed by atoms with E-state index in [4.69, 9.17) is 0 Å². The van der Waals surface area contributed by atoms with E-state index in [0.29, 0.717) is 24.3 Å². The van der Waals surface area contributed by atoms with Gasteiger partial charge in [-0.2, -0.15) is 0 Å². The van der Waals surface area contributed by atoms with Gasteiger partial charge in [-0.3, -0.25) is 9.59 Å². The normalized spacial score (nSPS) is 20.5. The van der Waals surface area contributed by atoms with Crippen LogP contribution in [0.15, 0.2) is 30.3 Å². The smallest absolute Gasteiger partial charge is 0.308 e. The molecular formula is C19H21N3O3. The summed E-state index contributed by atoms with van der Waals surface area (Å²) >= 11 is 0. The summed E-state index contributed by atoms with van der Waals surface area (Å²) in [5.41, 5.74) is 1.38. The standard InChI is InChI=1S/C19H21N3O3/c23-18(20-13-7-8-13)15-10-17(21-16-6-2-1-5-14(15)16)22-9-3-4-12(11-22)19(24)25/h1-2,5-6,10,12-13H,3-4,7-9,11H2,(H,20,23)(H,24,25). The molecule has 130 valence electrons. The Bertz CT molecular complexity index is 832. The second kappa shape index (κ2) is 6.35. The lowest BCUT2D eigenvalue weighted by atomic mass is 9.98. The fourth-order valence-electron chi connectivity index (χ4n) is 3.39. The number of pyridine rings is 1. The van der Waals surface area contributed by atoms with Gasteiger partial charge in [0.1, 0.15) is 5.82 Å². The number of benzene rings is 1. The Morgan fingerprint density at radius 1 is 1.20 bits per heavy atom. The van der Waals surface area contributed by atoms with Crippen molar-refractivity contribution in [3.8, 4) is 0 Å². The van der Waals surface area contributed by atoms with Crippen LogP contribution in [0.3, 0.4) is 0 Å². The third-order valence-electron chi connectivity index (χ3n) is 4.95. The zero-order valence-electron chi connectivity index (χ0n) is 13.9. The molecule has 2 fully saturated rings. The van der Waals surface area contributed by atoms with E-state index in [1.165, 1.54) is 0 Å². The number of anilines is 1. The molecule has 1 aromatic heterocycles. The van der Waals surface area contributed by atoms with Crippen molar-refractivity contribution in [2.45, 2.75) is 31.7 Å². The fraction of sp³-hybridized carbons (Fsp3) is 0.421. The number of rotatable bonds is 4. The lowest BCUT2D eigenvalue weighted by Gasteiger charge is -2.32. The van der Waals surface area contributed by atoms with Crippen LogP contribution in [-0.2, 0) is 4.79 Å². The minimum absolute atomic E-state index is 0.0749. The number of amides is 1. The molecule has 25 heavy (non-hydrogen) atoms. The molecule has 1 saturated carbocycles. The molecule has 0 bridgehead atoms. The topological polar surface area (TPSA) is 82.5 Å². The van der Waals surface area contributed by atoms with Gasteiger partial charge in [0.05, 0.1) is 17.0 Å². The Hall–Kier alpha value is -2.63. The molecule has 0 radical (unpaired) electrons. The van der Waals surface area contributed by atoms with E-state index in [2.05, 4.69) is 10.3 Å².